The fourth-order valence-electron chi connectivity index (χ4n) is 13.5. The number of carbonyl (C=O) groups is 5. The van der Waals surface area contributed by atoms with Gasteiger partial charge in [0.15, 0.2) is 0 Å². The van der Waals surface area contributed by atoms with Crippen molar-refractivity contribution in [3.8, 4) is 6.07 Å². The fraction of sp³-hybridized carbons (Fsp3) is 0.508. The first-order valence-electron chi connectivity index (χ1n) is 28.5. The number of pyridine rings is 1. The van der Waals surface area contributed by atoms with E-state index in [4.69, 9.17) is 9.72 Å². The summed E-state index contributed by atoms with van der Waals surface area (Å²) < 4.78 is 35.4. The largest absolute Gasteiger partial charge is 0.494 e. The number of rotatable bonds is 13. The van der Waals surface area contributed by atoms with E-state index in [1.54, 1.807) is 11.1 Å². The third-order valence-corrected chi connectivity index (χ3v) is 18.3. The lowest BCUT2D eigenvalue weighted by Gasteiger charge is -2.50. The summed E-state index contributed by atoms with van der Waals surface area (Å²) in [6.07, 6.45) is 16.9. The minimum Gasteiger partial charge on any atom is -0.494 e. The Bertz CT molecular complexity index is 3040. The lowest BCUT2D eigenvalue weighted by atomic mass is 9.71. The summed E-state index contributed by atoms with van der Waals surface area (Å²) >= 11 is 0. The minimum atomic E-state index is -0.769. The lowest BCUT2D eigenvalue weighted by Crippen LogP contribution is -2.62. The van der Waals surface area contributed by atoms with Gasteiger partial charge in [-0.05, 0) is 186 Å². The van der Waals surface area contributed by atoms with Gasteiger partial charge in [0.1, 0.15) is 35.3 Å². The maximum absolute atomic E-state index is 15.1. The second-order valence-electron chi connectivity index (χ2n) is 23.0. The maximum Gasteiger partial charge on any atom is 0.255 e. The zero-order valence-corrected chi connectivity index (χ0v) is 45.1. The smallest absolute Gasteiger partial charge is 0.255 e. The predicted octanol–water partition coefficient (Wildman–Crippen LogP) is 7.23. The molecule has 11 rings (SSSR count). The summed E-state index contributed by atoms with van der Waals surface area (Å²) in [6.45, 7) is 10.2. The number of benzene rings is 2. The van der Waals surface area contributed by atoms with Crippen molar-refractivity contribution in [2.24, 2.45) is 10.4 Å². The topological polar surface area (TPSA) is 184 Å². The molecule has 7 aliphatic heterocycles. The molecule has 2 atom stereocenters. The average molecular weight is 1080 g/mol. The number of fused-ring (bicyclic) bond motifs is 4. The molecule has 2 unspecified atom stereocenters. The Morgan fingerprint density at radius 3 is 2.37 bits per heavy atom. The van der Waals surface area contributed by atoms with Crippen molar-refractivity contribution < 1.29 is 37.5 Å². The maximum atomic E-state index is 15.1. The average Bonchev–Trinajstić information content (AvgIpc) is 3.72. The van der Waals surface area contributed by atoms with Crippen molar-refractivity contribution in [3.05, 3.63) is 123 Å². The SMILES string of the molecule is CCOC1=CC2CCC(=C(C#N)C=N2)C(c2ccc(N3CCC(CN4CCC5(CC4)CCN(C(=O)CCN4CCC(c6ccc7c(c6)CN(C6CCC(=O)NC6=O)C7=O)CC4)CC5)(NC(=O)c4cc(F)ccc4F)CC3)nc2)=C1. The molecule has 79 heavy (non-hydrogen) atoms. The van der Waals surface area contributed by atoms with Gasteiger partial charge in [-0.15, -0.1) is 0 Å². The number of likely N-dealkylation sites (tertiary alicyclic amines) is 3. The molecular formula is C61H70F2N10O6. The Hall–Kier alpha value is -7.10. The second-order valence-corrected chi connectivity index (χ2v) is 23.0. The zero-order chi connectivity index (χ0) is 54.8. The number of imide groups is 1. The summed E-state index contributed by atoms with van der Waals surface area (Å²) in [5.74, 6) is -0.889. The van der Waals surface area contributed by atoms with Gasteiger partial charge in [0.05, 0.1) is 29.3 Å². The van der Waals surface area contributed by atoms with Crippen LogP contribution >= 0.6 is 0 Å². The molecule has 2 aromatic carbocycles. The van der Waals surface area contributed by atoms with E-state index in [0.29, 0.717) is 87.7 Å². The monoisotopic (exact) mass is 1080 g/mol. The molecule has 16 nitrogen and oxygen atoms in total. The van der Waals surface area contributed by atoms with Crippen LogP contribution in [0.2, 0.25) is 0 Å². The molecule has 3 aromatic rings. The van der Waals surface area contributed by atoms with Gasteiger partial charge in [0.2, 0.25) is 17.7 Å². The molecule has 5 amide bonds. The van der Waals surface area contributed by atoms with Crippen molar-refractivity contribution in [1.29, 1.82) is 5.26 Å². The van der Waals surface area contributed by atoms with E-state index in [1.807, 2.05) is 54.4 Å². The highest BCUT2D eigenvalue weighted by Crippen LogP contribution is 2.43. The van der Waals surface area contributed by atoms with Gasteiger partial charge < -0.3 is 34.6 Å². The molecule has 5 fully saturated rings. The van der Waals surface area contributed by atoms with Gasteiger partial charge in [0, 0.05) is 82.2 Å². The number of ether oxygens (including phenoxy) is 1. The van der Waals surface area contributed by atoms with Crippen LogP contribution in [0.3, 0.4) is 0 Å². The number of nitriles is 1. The Labute approximate surface area is 460 Å². The summed E-state index contributed by atoms with van der Waals surface area (Å²) in [6, 6.07) is 14.7. The number of hydrogen-bond donors (Lipinski definition) is 2. The standard InChI is InChI=1S/C61H70F2N10O6/c1-2-79-47-33-46-6-8-48(44(35-64)37-65-46)50(34-47)42-4-11-54(66-36-42)71-29-20-61(21-30-71,68-57(76)51-32-45(62)5-9-52(51)63)39-70-25-16-60(17-26-70)18-27-72(28-19-60)56(75)15-24-69-22-13-40(14-23-69)41-3-7-49-43(31-41)38-73(59(49)78)53-10-12-55(74)67-58(53)77/h3-5,7,9,11,31-34,36-37,40,46,53H,2,6,8,10,12-30,38-39H2,1H3,(H,68,76)(H,67,74,77). The third-order valence-electron chi connectivity index (χ3n) is 18.3. The van der Waals surface area contributed by atoms with Crippen LogP contribution in [-0.2, 0) is 25.7 Å². The van der Waals surface area contributed by atoms with Crippen LogP contribution in [0.5, 0.6) is 0 Å². The summed E-state index contributed by atoms with van der Waals surface area (Å²) in [7, 11) is 0. The second kappa shape index (κ2) is 22.9. The van der Waals surface area contributed by atoms with E-state index in [1.165, 1.54) is 5.56 Å². The third kappa shape index (κ3) is 11.7. The number of nitrogens with one attached hydrogen (secondary N) is 2. The van der Waals surface area contributed by atoms with Gasteiger partial charge in [-0.1, -0.05) is 12.1 Å². The van der Waals surface area contributed by atoms with E-state index < -0.39 is 35.0 Å². The van der Waals surface area contributed by atoms with Gasteiger partial charge in [0.25, 0.3) is 11.8 Å². The normalized spacial score (nSPS) is 23.6. The number of anilines is 1. The Kier molecular flexibility index (Phi) is 15.6. The van der Waals surface area contributed by atoms with E-state index in [9.17, 15) is 33.6 Å². The number of nitrogens with zero attached hydrogens (tertiary/aromatic N) is 8. The Morgan fingerprint density at radius 2 is 1.65 bits per heavy atom. The predicted molar refractivity (Wildman–Crippen MR) is 294 cm³/mol. The molecule has 2 bridgehead atoms. The van der Waals surface area contributed by atoms with E-state index in [-0.39, 0.29) is 41.2 Å². The summed E-state index contributed by atoms with van der Waals surface area (Å²) in [4.78, 5) is 85.2. The van der Waals surface area contributed by atoms with Crippen LogP contribution in [0, 0.1) is 28.4 Å². The van der Waals surface area contributed by atoms with Crippen LogP contribution in [0.4, 0.5) is 14.6 Å². The number of aromatic nitrogens is 1. The first kappa shape index (κ1) is 53.9. The summed E-state index contributed by atoms with van der Waals surface area (Å²) in [5, 5.41) is 15.7. The first-order valence-corrected chi connectivity index (χ1v) is 28.5. The lowest BCUT2D eigenvalue weighted by molar-refractivity contribution is -0.137. The molecule has 8 heterocycles. The van der Waals surface area contributed by atoms with Crippen molar-refractivity contribution in [2.75, 3.05) is 77.0 Å². The number of amides is 5. The summed E-state index contributed by atoms with van der Waals surface area (Å²) in [5.41, 5.74) is 5.08. The van der Waals surface area contributed by atoms with Crippen LogP contribution in [0.15, 0.2) is 88.8 Å². The highest BCUT2D eigenvalue weighted by atomic mass is 19.1. The molecule has 1 aromatic heterocycles. The number of halogens is 2. The van der Waals surface area contributed by atoms with E-state index >= 15 is 4.39 Å². The molecule has 1 aliphatic carbocycles. The van der Waals surface area contributed by atoms with Crippen LogP contribution in [-0.4, -0.2) is 150 Å². The van der Waals surface area contributed by atoms with Crippen molar-refractivity contribution in [2.45, 2.75) is 120 Å². The van der Waals surface area contributed by atoms with Gasteiger partial charge in [-0.3, -0.25) is 34.3 Å². The number of carbonyl (C=O) groups excluding carboxylic acids is 5. The van der Waals surface area contributed by atoms with Crippen molar-refractivity contribution in [3.63, 3.8) is 0 Å². The molecule has 414 valence electrons. The first-order chi connectivity index (χ1) is 38.3. The molecule has 18 heteroatoms. The molecule has 0 radical (unpaired) electrons. The number of aliphatic imine (C=N–C) groups is 1. The minimum absolute atomic E-state index is 0.0640. The molecule has 5 saturated heterocycles. The molecule has 1 spiro atoms. The number of hydrogen-bond acceptors (Lipinski definition) is 12. The van der Waals surface area contributed by atoms with E-state index in [2.05, 4.69) is 42.5 Å². The van der Waals surface area contributed by atoms with Crippen molar-refractivity contribution in [1.82, 2.24) is 35.2 Å². The van der Waals surface area contributed by atoms with E-state index in [0.717, 1.165) is 137 Å². The van der Waals surface area contributed by atoms with Crippen LogP contribution in [0.25, 0.3) is 5.57 Å². The number of allylic oxidation sites excluding steroid dienone is 4. The van der Waals surface area contributed by atoms with Crippen LogP contribution < -0.4 is 15.5 Å². The highest BCUT2D eigenvalue weighted by Gasteiger charge is 2.44. The zero-order valence-electron chi connectivity index (χ0n) is 45.1. The van der Waals surface area contributed by atoms with Gasteiger partial charge in [-0.2, -0.15) is 5.26 Å². The Balaban J connectivity index is 0.666. The molecule has 0 saturated carbocycles. The number of piperidine rings is 5. The fourth-order valence-corrected chi connectivity index (χ4v) is 13.5. The van der Waals surface area contributed by atoms with Crippen LogP contribution in [0.1, 0.15) is 134 Å². The highest BCUT2D eigenvalue weighted by molar-refractivity contribution is 6.05. The molecular weight excluding hydrogens is 1010 g/mol. The molecule has 2 N–H and O–H groups in total. The Morgan fingerprint density at radius 1 is 0.873 bits per heavy atom. The van der Waals surface area contributed by atoms with Gasteiger partial charge >= 0.3 is 0 Å². The van der Waals surface area contributed by atoms with Gasteiger partial charge in [-0.25, -0.2) is 13.8 Å². The van der Waals surface area contributed by atoms with Crippen molar-refractivity contribution >= 4 is 47.1 Å². The quantitative estimate of drug-likeness (QED) is 0.165. The molecule has 8 aliphatic rings.